The summed E-state index contributed by atoms with van der Waals surface area (Å²) >= 11 is 8.83. The van der Waals surface area contributed by atoms with Gasteiger partial charge in [0.1, 0.15) is 0 Å². The summed E-state index contributed by atoms with van der Waals surface area (Å²) in [6, 6.07) is 6.27. The predicted molar refractivity (Wildman–Crippen MR) is 86.4 cm³/mol. The van der Waals surface area contributed by atoms with E-state index < -0.39 is 0 Å². The first-order valence-corrected chi connectivity index (χ1v) is 8.09. The Kier molecular flexibility index (Phi) is 4.32. The van der Waals surface area contributed by atoms with Crippen LogP contribution < -0.4 is 5.73 Å². The number of hydrogen-bond acceptors (Lipinski definition) is 2. The molecule has 1 nitrogen and oxygen atoms in total. The van der Waals surface area contributed by atoms with Gasteiger partial charge < -0.3 is 5.73 Å². The number of benzene rings is 1. The predicted octanol–water partition coefficient (Wildman–Crippen LogP) is 5.25. The van der Waals surface area contributed by atoms with Crippen molar-refractivity contribution in [1.29, 1.82) is 0 Å². The lowest BCUT2D eigenvalue weighted by molar-refractivity contribution is 0.867. The van der Waals surface area contributed by atoms with Crippen LogP contribution in [0.2, 0.25) is 0 Å². The van der Waals surface area contributed by atoms with Crippen LogP contribution in [0.4, 0.5) is 0 Å². The van der Waals surface area contributed by atoms with Gasteiger partial charge in [-0.1, -0.05) is 22.0 Å². The first-order valence-electron chi connectivity index (χ1n) is 5.68. The molecule has 2 aromatic rings. The van der Waals surface area contributed by atoms with E-state index in [1.54, 1.807) is 11.3 Å². The minimum atomic E-state index is -0.0572. The largest absolute Gasteiger partial charge is 0.320 e. The molecule has 1 aromatic heterocycles. The van der Waals surface area contributed by atoms with E-state index in [0.717, 1.165) is 8.26 Å². The number of hydrogen-bond donors (Lipinski definition) is 1. The number of aryl methyl sites for hydroxylation is 2. The molecule has 18 heavy (non-hydrogen) atoms. The van der Waals surface area contributed by atoms with Crippen molar-refractivity contribution in [1.82, 2.24) is 0 Å². The number of rotatable bonds is 2. The van der Waals surface area contributed by atoms with Crippen molar-refractivity contribution in [3.8, 4) is 0 Å². The minimum Gasteiger partial charge on any atom is -0.320 e. The smallest absolute Gasteiger partial charge is 0.0702 e. The standard InChI is InChI=1S/C14H15Br2NS/c1-7-6-8(2)13(16)9(3)12(7)14(17)10-4-5-11(15)18-10/h4-6,14H,17H2,1-3H3. The van der Waals surface area contributed by atoms with Crippen LogP contribution in [0.3, 0.4) is 0 Å². The summed E-state index contributed by atoms with van der Waals surface area (Å²) in [7, 11) is 0. The van der Waals surface area contributed by atoms with Gasteiger partial charge in [0.25, 0.3) is 0 Å². The maximum atomic E-state index is 6.42. The molecule has 2 rings (SSSR count). The molecule has 0 amide bonds. The van der Waals surface area contributed by atoms with Crippen LogP contribution in [0.15, 0.2) is 26.5 Å². The van der Waals surface area contributed by atoms with Crippen LogP contribution >= 0.6 is 43.2 Å². The van der Waals surface area contributed by atoms with Crippen LogP contribution in [-0.2, 0) is 0 Å². The molecule has 0 saturated carbocycles. The molecule has 0 bridgehead atoms. The molecule has 0 radical (unpaired) electrons. The fraction of sp³-hybridized carbons (Fsp3) is 0.286. The second-order valence-corrected chi connectivity index (χ2v) is 7.77. The van der Waals surface area contributed by atoms with Crippen molar-refractivity contribution in [2.75, 3.05) is 0 Å². The summed E-state index contributed by atoms with van der Waals surface area (Å²) in [5.74, 6) is 0. The Morgan fingerprint density at radius 1 is 1.11 bits per heavy atom. The van der Waals surface area contributed by atoms with Gasteiger partial charge in [0.15, 0.2) is 0 Å². The Morgan fingerprint density at radius 2 is 1.78 bits per heavy atom. The highest BCUT2D eigenvalue weighted by molar-refractivity contribution is 9.11. The van der Waals surface area contributed by atoms with Crippen LogP contribution in [0.1, 0.15) is 33.2 Å². The van der Waals surface area contributed by atoms with Crippen molar-refractivity contribution in [2.45, 2.75) is 26.8 Å². The van der Waals surface area contributed by atoms with Gasteiger partial charge in [0, 0.05) is 9.35 Å². The van der Waals surface area contributed by atoms with E-state index in [0.29, 0.717) is 0 Å². The van der Waals surface area contributed by atoms with Crippen molar-refractivity contribution in [3.05, 3.63) is 53.6 Å². The topological polar surface area (TPSA) is 26.0 Å². The molecule has 1 unspecified atom stereocenters. The molecular formula is C14H15Br2NS. The van der Waals surface area contributed by atoms with Crippen LogP contribution in [0.5, 0.6) is 0 Å². The third-order valence-corrected chi connectivity index (χ3v) is 6.08. The molecular weight excluding hydrogens is 374 g/mol. The van der Waals surface area contributed by atoms with Crippen LogP contribution in [0, 0.1) is 20.8 Å². The van der Waals surface area contributed by atoms with Gasteiger partial charge >= 0.3 is 0 Å². The molecule has 1 heterocycles. The maximum absolute atomic E-state index is 6.42. The lowest BCUT2D eigenvalue weighted by Crippen LogP contribution is -2.14. The number of thiophene rings is 1. The highest BCUT2D eigenvalue weighted by Gasteiger charge is 2.18. The summed E-state index contributed by atoms with van der Waals surface area (Å²) in [4.78, 5) is 1.18. The van der Waals surface area contributed by atoms with E-state index in [4.69, 9.17) is 5.73 Å². The summed E-state index contributed by atoms with van der Waals surface area (Å²) < 4.78 is 2.28. The van der Waals surface area contributed by atoms with Crippen LogP contribution in [-0.4, -0.2) is 0 Å². The summed E-state index contributed by atoms with van der Waals surface area (Å²) in [5, 5.41) is 0. The van der Waals surface area contributed by atoms with Crippen LogP contribution in [0.25, 0.3) is 0 Å². The third kappa shape index (κ3) is 2.57. The summed E-state index contributed by atoms with van der Waals surface area (Å²) in [6.45, 7) is 6.37. The molecule has 4 heteroatoms. The van der Waals surface area contributed by atoms with E-state index >= 15 is 0 Å². The molecule has 0 aliphatic heterocycles. The molecule has 0 fully saturated rings. The number of nitrogens with two attached hydrogens (primary N) is 1. The zero-order valence-corrected chi connectivity index (χ0v) is 14.5. The van der Waals surface area contributed by atoms with Gasteiger partial charge in [0.05, 0.1) is 9.83 Å². The molecule has 0 aliphatic carbocycles. The minimum absolute atomic E-state index is 0.0572. The molecule has 1 aromatic carbocycles. The average Bonchev–Trinajstić information content (AvgIpc) is 2.73. The van der Waals surface area contributed by atoms with Gasteiger partial charge in [-0.15, -0.1) is 11.3 Å². The Hall–Kier alpha value is -0.160. The second-order valence-electron chi connectivity index (χ2n) is 4.48. The van der Waals surface area contributed by atoms with Crippen molar-refractivity contribution < 1.29 is 0 Å². The zero-order valence-electron chi connectivity index (χ0n) is 10.6. The first-order chi connectivity index (χ1) is 8.41. The second kappa shape index (κ2) is 5.45. The Bertz CT molecular complexity index is 590. The molecule has 96 valence electrons. The van der Waals surface area contributed by atoms with E-state index in [9.17, 15) is 0 Å². The van der Waals surface area contributed by atoms with Crippen molar-refractivity contribution in [3.63, 3.8) is 0 Å². The van der Waals surface area contributed by atoms with Gasteiger partial charge in [0.2, 0.25) is 0 Å². The lowest BCUT2D eigenvalue weighted by atomic mass is 9.94. The Labute approximate surface area is 129 Å². The molecule has 2 N–H and O–H groups in total. The van der Waals surface area contributed by atoms with Gasteiger partial charge in [-0.2, -0.15) is 0 Å². The van der Waals surface area contributed by atoms with Gasteiger partial charge in [-0.3, -0.25) is 0 Å². The van der Waals surface area contributed by atoms with E-state index in [1.165, 1.54) is 27.1 Å². The maximum Gasteiger partial charge on any atom is 0.0702 e. The number of halogens is 2. The van der Waals surface area contributed by atoms with E-state index in [1.807, 2.05) is 6.07 Å². The highest BCUT2D eigenvalue weighted by atomic mass is 79.9. The highest BCUT2D eigenvalue weighted by Crippen LogP contribution is 2.36. The molecule has 0 spiro atoms. The fourth-order valence-electron chi connectivity index (χ4n) is 2.29. The SMILES string of the molecule is Cc1cc(C)c(C(N)c2ccc(Br)s2)c(C)c1Br. The van der Waals surface area contributed by atoms with Gasteiger partial charge in [-0.25, -0.2) is 0 Å². The first kappa shape index (κ1) is 14.3. The van der Waals surface area contributed by atoms with Crippen molar-refractivity contribution >= 4 is 43.2 Å². The fourth-order valence-corrected chi connectivity index (χ4v) is 4.05. The third-order valence-electron chi connectivity index (χ3n) is 3.15. The normalized spacial score (nSPS) is 12.8. The summed E-state index contributed by atoms with van der Waals surface area (Å²) in [6.07, 6.45) is 0. The average molecular weight is 389 g/mol. The molecule has 0 saturated heterocycles. The summed E-state index contributed by atoms with van der Waals surface area (Å²) in [5.41, 5.74) is 11.4. The Morgan fingerprint density at radius 3 is 2.33 bits per heavy atom. The molecule has 0 aliphatic rings. The van der Waals surface area contributed by atoms with E-state index in [2.05, 4.69) is 64.8 Å². The monoisotopic (exact) mass is 387 g/mol. The Balaban J connectivity index is 2.54. The van der Waals surface area contributed by atoms with Gasteiger partial charge in [-0.05, 0) is 71.1 Å². The molecule has 1 atom stereocenters. The van der Waals surface area contributed by atoms with E-state index in [-0.39, 0.29) is 6.04 Å². The zero-order chi connectivity index (χ0) is 13.4. The van der Waals surface area contributed by atoms with Crippen molar-refractivity contribution in [2.24, 2.45) is 5.73 Å². The lowest BCUT2D eigenvalue weighted by Gasteiger charge is -2.19. The quantitative estimate of drug-likeness (QED) is 0.747.